The highest BCUT2D eigenvalue weighted by Gasteiger charge is 2.34. The van der Waals surface area contributed by atoms with Crippen LogP contribution in [0, 0.1) is 6.92 Å². The number of benzene rings is 1. The molecule has 0 unspecified atom stereocenters. The highest BCUT2D eigenvalue weighted by atomic mass is 19.4. The molecule has 4 nitrogen and oxygen atoms in total. The van der Waals surface area contributed by atoms with E-state index in [4.69, 9.17) is 0 Å². The molecule has 1 aliphatic heterocycles. The first kappa shape index (κ1) is 16.4. The van der Waals surface area contributed by atoms with E-state index >= 15 is 0 Å². The minimum Gasteiger partial charge on any atom is -0.328 e. The maximum absolute atomic E-state index is 13.4. The first-order chi connectivity index (χ1) is 12.4. The fraction of sp³-hybridized carbons (Fsp3) is 0.158. The van der Waals surface area contributed by atoms with Crippen molar-refractivity contribution >= 4 is 11.5 Å². The topological polar surface area (TPSA) is 33.4 Å². The van der Waals surface area contributed by atoms with Gasteiger partial charge < -0.3 is 4.90 Å². The summed E-state index contributed by atoms with van der Waals surface area (Å²) in [6.45, 7) is 2.47. The number of aryl methyl sites for hydroxylation is 1. The highest BCUT2D eigenvalue weighted by Crippen LogP contribution is 2.36. The van der Waals surface area contributed by atoms with Crippen LogP contribution in [-0.2, 0) is 6.18 Å². The summed E-state index contributed by atoms with van der Waals surface area (Å²) < 4.78 is 41.8. The molecule has 0 spiro atoms. The summed E-state index contributed by atoms with van der Waals surface area (Å²) in [7, 11) is 0. The molecule has 0 saturated carbocycles. The molecule has 7 heteroatoms. The van der Waals surface area contributed by atoms with Gasteiger partial charge in [0.25, 0.3) is 0 Å². The van der Waals surface area contributed by atoms with Crippen LogP contribution in [0.4, 0.5) is 19.0 Å². The zero-order valence-corrected chi connectivity index (χ0v) is 13.9. The standard InChI is InChI=1S/C19H15F3N4/c1-13-11-16(14-7-3-4-8-15(14)19(20,21)22)24-26-17(12-23-18(13)26)25-9-5-2-6-10-25/h2-9,11-12H,10H2,1H3. The monoisotopic (exact) mass is 356 g/mol. The molecule has 0 amide bonds. The molecule has 0 N–H and O–H groups in total. The van der Waals surface area contributed by atoms with Crippen LogP contribution < -0.4 is 4.90 Å². The summed E-state index contributed by atoms with van der Waals surface area (Å²) in [6, 6.07) is 7.12. The number of halogens is 3. The second kappa shape index (κ2) is 6.01. The van der Waals surface area contributed by atoms with E-state index in [1.807, 2.05) is 36.3 Å². The third-order valence-electron chi connectivity index (χ3n) is 4.25. The molecule has 0 bridgehead atoms. The summed E-state index contributed by atoms with van der Waals surface area (Å²) in [6.07, 6.45) is 4.92. The first-order valence-electron chi connectivity index (χ1n) is 8.07. The number of fused-ring (bicyclic) bond motifs is 1. The minimum absolute atomic E-state index is 0.0544. The number of aromatic nitrogens is 3. The Kier molecular flexibility index (Phi) is 3.79. The smallest absolute Gasteiger partial charge is 0.328 e. The van der Waals surface area contributed by atoms with Crippen molar-refractivity contribution in [2.45, 2.75) is 13.1 Å². The lowest BCUT2D eigenvalue weighted by atomic mass is 10.0. The summed E-state index contributed by atoms with van der Waals surface area (Å²) >= 11 is 0. The molecular weight excluding hydrogens is 341 g/mol. The summed E-state index contributed by atoms with van der Waals surface area (Å²) in [4.78, 5) is 6.31. The molecule has 2 aromatic heterocycles. The number of hydrogen-bond donors (Lipinski definition) is 0. The van der Waals surface area contributed by atoms with Gasteiger partial charge in [0.05, 0.1) is 17.5 Å². The lowest BCUT2D eigenvalue weighted by molar-refractivity contribution is -0.137. The number of anilines is 1. The van der Waals surface area contributed by atoms with E-state index in [-0.39, 0.29) is 11.3 Å². The van der Waals surface area contributed by atoms with Gasteiger partial charge in [-0.15, -0.1) is 0 Å². The van der Waals surface area contributed by atoms with Crippen LogP contribution in [-0.4, -0.2) is 21.1 Å². The van der Waals surface area contributed by atoms with Gasteiger partial charge >= 0.3 is 6.18 Å². The number of rotatable bonds is 2. The number of imidazole rings is 1. The fourth-order valence-electron chi connectivity index (χ4n) is 3.03. The molecule has 0 fully saturated rings. The Morgan fingerprint density at radius 1 is 1.12 bits per heavy atom. The Morgan fingerprint density at radius 3 is 2.65 bits per heavy atom. The van der Waals surface area contributed by atoms with E-state index in [0.29, 0.717) is 18.0 Å². The molecule has 0 aliphatic carbocycles. The maximum atomic E-state index is 13.4. The Hall–Kier alpha value is -3.09. The van der Waals surface area contributed by atoms with Gasteiger partial charge in [0.1, 0.15) is 0 Å². The molecule has 0 atom stereocenters. The first-order valence-corrected chi connectivity index (χ1v) is 8.07. The van der Waals surface area contributed by atoms with Gasteiger partial charge in [-0.3, -0.25) is 0 Å². The zero-order valence-electron chi connectivity index (χ0n) is 13.9. The van der Waals surface area contributed by atoms with Crippen LogP contribution >= 0.6 is 0 Å². The lowest BCUT2D eigenvalue weighted by Gasteiger charge is -2.19. The predicted molar refractivity (Wildman–Crippen MR) is 93.8 cm³/mol. The third-order valence-corrected chi connectivity index (χ3v) is 4.25. The fourth-order valence-corrected chi connectivity index (χ4v) is 3.03. The number of alkyl halides is 3. The van der Waals surface area contributed by atoms with Gasteiger partial charge in [0.15, 0.2) is 11.5 Å². The van der Waals surface area contributed by atoms with Gasteiger partial charge in [0.2, 0.25) is 0 Å². The number of nitrogens with zero attached hydrogens (tertiary/aromatic N) is 4. The largest absolute Gasteiger partial charge is 0.417 e. The van der Waals surface area contributed by atoms with Crippen LogP contribution in [0.5, 0.6) is 0 Å². The van der Waals surface area contributed by atoms with Crippen molar-refractivity contribution in [2.75, 3.05) is 11.4 Å². The van der Waals surface area contributed by atoms with Gasteiger partial charge in [-0.05, 0) is 30.7 Å². The number of hydrogen-bond acceptors (Lipinski definition) is 3. The predicted octanol–water partition coefficient (Wildman–Crippen LogP) is 4.61. The molecule has 1 aromatic carbocycles. The molecule has 0 saturated heterocycles. The Balaban J connectivity index is 1.91. The average Bonchev–Trinajstić information content (AvgIpc) is 3.06. The SMILES string of the molecule is Cc1cc(-c2ccccc2C(F)(F)F)nn2c(N3C=CC=CC3)cnc12. The van der Waals surface area contributed by atoms with Crippen molar-refractivity contribution in [3.8, 4) is 11.3 Å². The van der Waals surface area contributed by atoms with E-state index in [1.165, 1.54) is 12.1 Å². The van der Waals surface area contributed by atoms with Gasteiger partial charge in [-0.1, -0.05) is 30.4 Å². The molecular formula is C19H15F3N4. The van der Waals surface area contributed by atoms with E-state index in [2.05, 4.69) is 10.1 Å². The normalized spacial score (nSPS) is 14.4. The second-order valence-electron chi connectivity index (χ2n) is 6.03. The van der Waals surface area contributed by atoms with Gasteiger partial charge in [-0.25, -0.2) is 4.98 Å². The summed E-state index contributed by atoms with van der Waals surface area (Å²) in [5, 5.41) is 4.47. The van der Waals surface area contributed by atoms with Crippen molar-refractivity contribution in [1.82, 2.24) is 14.6 Å². The van der Waals surface area contributed by atoms with E-state index in [9.17, 15) is 13.2 Å². The van der Waals surface area contributed by atoms with Gasteiger partial charge in [-0.2, -0.15) is 22.8 Å². The molecule has 26 heavy (non-hydrogen) atoms. The quantitative estimate of drug-likeness (QED) is 0.672. The van der Waals surface area contributed by atoms with Crippen molar-refractivity contribution in [2.24, 2.45) is 0 Å². The Morgan fingerprint density at radius 2 is 1.92 bits per heavy atom. The second-order valence-corrected chi connectivity index (χ2v) is 6.03. The van der Waals surface area contributed by atoms with E-state index < -0.39 is 11.7 Å². The average molecular weight is 356 g/mol. The zero-order chi connectivity index (χ0) is 18.3. The van der Waals surface area contributed by atoms with E-state index in [1.54, 1.807) is 22.8 Å². The molecule has 1 aliphatic rings. The van der Waals surface area contributed by atoms with Crippen LogP contribution in [0.2, 0.25) is 0 Å². The molecule has 0 radical (unpaired) electrons. The molecule has 132 valence electrons. The third kappa shape index (κ3) is 2.75. The molecule has 4 rings (SSSR count). The van der Waals surface area contributed by atoms with Crippen molar-refractivity contribution in [3.05, 3.63) is 72.1 Å². The van der Waals surface area contributed by atoms with Gasteiger partial charge in [0, 0.05) is 18.3 Å². The Labute approximate surface area is 147 Å². The van der Waals surface area contributed by atoms with Crippen molar-refractivity contribution in [1.29, 1.82) is 0 Å². The summed E-state index contributed by atoms with van der Waals surface area (Å²) in [5.41, 5.74) is 0.997. The van der Waals surface area contributed by atoms with Crippen molar-refractivity contribution in [3.63, 3.8) is 0 Å². The lowest BCUT2D eigenvalue weighted by Crippen LogP contribution is -2.20. The maximum Gasteiger partial charge on any atom is 0.417 e. The Bertz CT molecular complexity index is 1030. The van der Waals surface area contributed by atoms with Crippen LogP contribution in [0.3, 0.4) is 0 Å². The minimum atomic E-state index is -4.45. The molecule has 3 aromatic rings. The summed E-state index contributed by atoms with van der Waals surface area (Å²) in [5.74, 6) is 0.704. The van der Waals surface area contributed by atoms with Crippen LogP contribution in [0.25, 0.3) is 16.9 Å². The van der Waals surface area contributed by atoms with Crippen LogP contribution in [0.1, 0.15) is 11.1 Å². The van der Waals surface area contributed by atoms with E-state index in [0.717, 1.165) is 11.6 Å². The molecule has 3 heterocycles. The van der Waals surface area contributed by atoms with Crippen molar-refractivity contribution < 1.29 is 13.2 Å². The highest BCUT2D eigenvalue weighted by molar-refractivity contribution is 5.68. The van der Waals surface area contributed by atoms with Crippen LogP contribution in [0.15, 0.2) is 61.0 Å². The number of allylic oxidation sites excluding steroid dienone is 2.